The van der Waals surface area contributed by atoms with Gasteiger partial charge in [-0.2, -0.15) is 10.2 Å². The van der Waals surface area contributed by atoms with Crippen molar-refractivity contribution in [2.75, 3.05) is 13.1 Å². The predicted molar refractivity (Wildman–Crippen MR) is 102 cm³/mol. The second kappa shape index (κ2) is 7.67. The van der Waals surface area contributed by atoms with E-state index in [0.29, 0.717) is 24.3 Å². The molecule has 1 aliphatic heterocycles. The minimum atomic E-state index is -0.881. The summed E-state index contributed by atoms with van der Waals surface area (Å²) in [7, 11) is 0. The summed E-state index contributed by atoms with van der Waals surface area (Å²) in [5.74, 6) is -0.620. The number of aromatic nitrogens is 4. The van der Waals surface area contributed by atoms with Crippen LogP contribution in [0.15, 0.2) is 42.7 Å². The molecule has 0 radical (unpaired) electrons. The zero-order chi connectivity index (χ0) is 19.5. The van der Waals surface area contributed by atoms with Gasteiger partial charge in [0.1, 0.15) is 0 Å². The lowest BCUT2D eigenvalue weighted by atomic mass is 9.93. The number of likely N-dealkylation sites (tertiary alicyclic amines) is 1. The Balaban J connectivity index is 1.40. The highest BCUT2D eigenvalue weighted by Gasteiger charge is 2.26. The highest BCUT2D eigenvalue weighted by atomic mass is 16.4. The number of carbonyl (C=O) groups is 2. The summed E-state index contributed by atoms with van der Waals surface area (Å²) in [6.07, 6.45) is 5.10. The van der Waals surface area contributed by atoms with Gasteiger partial charge >= 0.3 is 5.97 Å². The summed E-state index contributed by atoms with van der Waals surface area (Å²) < 4.78 is 0. The third-order valence-electron chi connectivity index (χ3n) is 5.13. The molecule has 0 spiro atoms. The number of piperidine rings is 1. The quantitative estimate of drug-likeness (QED) is 0.630. The van der Waals surface area contributed by atoms with Crippen molar-refractivity contribution in [1.29, 1.82) is 0 Å². The second-order valence-corrected chi connectivity index (χ2v) is 7.02. The summed E-state index contributed by atoms with van der Waals surface area (Å²) in [6, 6.07) is 9.40. The number of aliphatic carboxylic acids is 1. The average molecular weight is 379 g/mol. The predicted octanol–water partition coefficient (Wildman–Crippen LogP) is 2.45. The lowest BCUT2D eigenvalue weighted by molar-refractivity contribution is -0.136. The summed E-state index contributed by atoms with van der Waals surface area (Å²) in [4.78, 5) is 25.6. The number of nitrogens with zero attached hydrogens (tertiary/aromatic N) is 3. The zero-order valence-corrected chi connectivity index (χ0v) is 15.3. The van der Waals surface area contributed by atoms with Crippen molar-refractivity contribution in [2.45, 2.75) is 25.2 Å². The fourth-order valence-electron chi connectivity index (χ4n) is 3.64. The Bertz CT molecular complexity index is 971. The smallest absolute Gasteiger partial charge is 0.309 e. The van der Waals surface area contributed by atoms with Gasteiger partial charge in [0.25, 0.3) is 5.91 Å². The maximum atomic E-state index is 12.9. The molecule has 1 saturated heterocycles. The van der Waals surface area contributed by atoms with Crippen molar-refractivity contribution in [3.63, 3.8) is 0 Å². The van der Waals surface area contributed by atoms with Crippen LogP contribution in [0.25, 0.3) is 11.1 Å². The zero-order valence-electron chi connectivity index (χ0n) is 15.3. The molecule has 1 aliphatic rings. The van der Waals surface area contributed by atoms with Crippen molar-refractivity contribution in [1.82, 2.24) is 25.3 Å². The molecule has 3 heterocycles. The van der Waals surface area contributed by atoms with E-state index in [1.807, 2.05) is 35.2 Å². The van der Waals surface area contributed by atoms with Crippen LogP contribution in [0.4, 0.5) is 0 Å². The van der Waals surface area contributed by atoms with Crippen LogP contribution in [-0.4, -0.2) is 55.4 Å². The molecule has 3 aromatic rings. The maximum Gasteiger partial charge on any atom is 0.309 e. The molecule has 0 unspecified atom stereocenters. The molecule has 8 nitrogen and oxygen atoms in total. The van der Waals surface area contributed by atoms with Gasteiger partial charge in [-0.05, 0) is 36.6 Å². The van der Waals surface area contributed by atoms with E-state index in [-0.39, 0.29) is 18.2 Å². The molecule has 0 bridgehead atoms. The highest BCUT2D eigenvalue weighted by molar-refractivity contribution is 5.95. The van der Waals surface area contributed by atoms with E-state index >= 15 is 0 Å². The average Bonchev–Trinajstić information content (AvgIpc) is 3.39. The minimum Gasteiger partial charge on any atom is -0.481 e. The number of hydrogen-bond acceptors (Lipinski definition) is 4. The molecular formula is C20H21N5O3. The SMILES string of the molecule is O=C(O)Cc1cc(C2CCN(C(=O)c3cccc(-c4cn[nH]c4)c3)CC2)n[nH]1. The van der Waals surface area contributed by atoms with Crippen molar-refractivity contribution in [2.24, 2.45) is 0 Å². The van der Waals surface area contributed by atoms with Crippen LogP contribution in [0.2, 0.25) is 0 Å². The number of nitrogens with one attached hydrogen (secondary N) is 2. The molecule has 1 aromatic carbocycles. The molecule has 144 valence electrons. The van der Waals surface area contributed by atoms with Crippen LogP contribution in [0.5, 0.6) is 0 Å². The molecule has 28 heavy (non-hydrogen) atoms. The third kappa shape index (κ3) is 3.80. The largest absolute Gasteiger partial charge is 0.481 e. The molecule has 3 N–H and O–H groups in total. The van der Waals surface area contributed by atoms with Crippen molar-refractivity contribution in [3.05, 3.63) is 59.7 Å². The van der Waals surface area contributed by atoms with E-state index in [9.17, 15) is 9.59 Å². The first-order chi connectivity index (χ1) is 13.6. The fourth-order valence-corrected chi connectivity index (χ4v) is 3.64. The van der Waals surface area contributed by atoms with Crippen LogP contribution in [0, 0.1) is 0 Å². The highest BCUT2D eigenvalue weighted by Crippen LogP contribution is 2.28. The van der Waals surface area contributed by atoms with Gasteiger partial charge in [-0.1, -0.05) is 12.1 Å². The third-order valence-corrected chi connectivity index (χ3v) is 5.13. The Labute approximate surface area is 161 Å². The number of hydrogen-bond donors (Lipinski definition) is 3. The van der Waals surface area contributed by atoms with Crippen LogP contribution in [0.3, 0.4) is 0 Å². The molecule has 1 fully saturated rings. The number of aromatic amines is 2. The first kappa shape index (κ1) is 18.0. The Morgan fingerprint density at radius 1 is 1.18 bits per heavy atom. The van der Waals surface area contributed by atoms with Gasteiger partial charge in [0.05, 0.1) is 18.3 Å². The fraction of sp³-hybridized carbons (Fsp3) is 0.300. The number of benzene rings is 1. The molecule has 0 saturated carbocycles. The number of H-pyrrole nitrogens is 2. The Hall–Kier alpha value is -3.42. The molecule has 4 rings (SSSR count). The second-order valence-electron chi connectivity index (χ2n) is 7.02. The summed E-state index contributed by atoms with van der Waals surface area (Å²) >= 11 is 0. The van der Waals surface area contributed by atoms with Gasteiger partial charge < -0.3 is 10.0 Å². The van der Waals surface area contributed by atoms with Crippen LogP contribution >= 0.6 is 0 Å². The number of carbonyl (C=O) groups excluding carboxylic acids is 1. The number of carboxylic acid groups (broad SMARTS) is 1. The molecule has 1 amide bonds. The summed E-state index contributed by atoms with van der Waals surface area (Å²) in [5.41, 5.74) is 4.06. The maximum absolute atomic E-state index is 12.9. The van der Waals surface area contributed by atoms with E-state index in [1.54, 1.807) is 12.4 Å². The Morgan fingerprint density at radius 3 is 2.71 bits per heavy atom. The van der Waals surface area contributed by atoms with E-state index in [1.165, 1.54) is 0 Å². The number of carboxylic acids is 1. The first-order valence-electron chi connectivity index (χ1n) is 9.24. The standard InChI is InChI=1S/C20H21N5O3/c26-19(27)10-17-9-18(24-23-17)13-4-6-25(7-5-13)20(28)15-3-1-2-14(8-15)16-11-21-22-12-16/h1-3,8-9,11-13H,4-7,10H2,(H,21,22)(H,23,24)(H,26,27). The van der Waals surface area contributed by atoms with E-state index < -0.39 is 5.97 Å². The Morgan fingerprint density at radius 2 is 2.00 bits per heavy atom. The minimum absolute atomic E-state index is 0.0254. The van der Waals surface area contributed by atoms with E-state index in [0.717, 1.165) is 29.7 Å². The van der Waals surface area contributed by atoms with Crippen LogP contribution in [0.1, 0.15) is 40.5 Å². The van der Waals surface area contributed by atoms with Crippen molar-refractivity contribution in [3.8, 4) is 11.1 Å². The first-order valence-corrected chi connectivity index (χ1v) is 9.24. The van der Waals surface area contributed by atoms with Crippen molar-refractivity contribution >= 4 is 11.9 Å². The van der Waals surface area contributed by atoms with Gasteiger partial charge in [-0.25, -0.2) is 0 Å². The lowest BCUT2D eigenvalue weighted by Crippen LogP contribution is -2.38. The van der Waals surface area contributed by atoms with Gasteiger partial charge in [0, 0.05) is 42.0 Å². The molecule has 0 aliphatic carbocycles. The number of rotatable bonds is 5. The van der Waals surface area contributed by atoms with Crippen LogP contribution in [-0.2, 0) is 11.2 Å². The lowest BCUT2D eigenvalue weighted by Gasteiger charge is -2.31. The topological polar surface area (TPSA) is 115 Å². The van der Waals surface area contributed by atoms with E-state index in [4.69, 9.17) is 5.11 Å². The molecular weight excluding hydrogens is 358 g/mol. The van der Waals surface area contributed by atoms with Gasteiger partial charge in [-0.3, -0.25) is 19.8 Å². The van der Waals surface area contributed by atoms with Gasteiger partial charge in [-0.15, -0.1) is 0 Å². The summed E-state index contributed by atoms with van der Waals surface area (Å²) in [6.45, 7) is 1.31. The van der Waals surface area contributed by atoms with Crippen molar-refractivity contribution < 1.29 is 14.7 Å². The summed E-state index contributed by atoms with van der Waals surface area (Å²) in [5, 5.41) is 22.7. The molecule has 8 heteroatoms. The van der Waals surface area contributed by atoms with Crippen LogP contribution < -0.4 is 0 Å². The number of amides is 1. The normalized spacial score (nSPS) is 14.9. The monoisotopic (exact) mass is 379 g/mol. The molecule has 0 atom stereocenters. The van der Waals surface area contributed by atoms with Gasteiger partial charge in [0.2, 0.25) is 0 Å². The molecule has 2 aromatic heterocycles. The Kier molecular flexibility index (Phi) is 4.92. The van der Waals surface area contributed by atoms with Gasteiger partial charge in [0.15, 0.2) is 0 Å². The van der Waals surface area contributed by atoms with E-state index in [2.05, 4.69) is 20.4 Å².